The van der Waals surface area contributed by atoms with Gasteiger partial charge in [-0.1, -0.05) is 42.5 Å². The van der Waals surface area contributed by atoms with Crippen LogP contribution in [0.3, 0.4) is 0 Å². The third-order valence-corrected chi connectivity index (χ3v) is 6.39. The number of halogens is 1. The molecule has 7 heteroatoms. The van der Waals surface area contributed by atoms with Crippen LogP contribution >= 0.6 is 0 Å². The topological polar surface area (TPSA) is 73.8 Å². The number of carbonyl (C=O) groups is 1. The fraction of sp³-hybridized carbons (Fsp3) is 0.345. The van der Waals surface area contributed by atoms with E-state index in [0.29, 0.717) is 29.6 Å². The summed E-state index contributed by atoms with van der Waals surface area (Å²) in [6.45, 7) is 4.94. The molecule has 0 spiro atoms. The van der Waals surface area contributed by atoms with Crippen molar-refractivity contribution in [2.45, 2.75) is 38.0 Å². The fourth-order valence-corrected chi connectivity index (χ4v) is 4.27. The van der Waals surface area contributed by atoms with Crippen LogP contribution in [-0.2, 0) is 6.54 Å². The van der Waals surface area contributed by atoms with Crippen LogP contribution in [0.4, 0.5) is 10.1 Å². The third kappa shape index (κ3) is 7.62. The predicted octanol–water partition coefficient (Wildman–Crippen LogP) is 4.46. The summed E-state index contributed by atoms with van der Waals surface area (Å²) in [6.07, 6.45) is 1.96. The smallest absolute Gasteiger partial charge is 0.255 e. The molecule has 1 fully saturated rings. The van der Waals surface area contributed by atoms with E-state index < -0.39 is 5.60 Å². The van der Waals surface area contributed by atoms with E-state index in [1.807, 2.05) is 42.5 Å². The van der Waals surface area contributed by atoms with E-state index in [9.17, 15) is 14.3 Å². The van der Waals surface area contributed by atoms with E-state index in [1.54, 1.807) is 31.2 Å². The van der Waals surface area contributed by atoms with Gasteiger partial charge in [0.2, 0.25) is 0 Å². The SMILES string of the molecule is CC(O)(CNC1CCN(Cc2ccc(F)cc2)CC1)COc1ccccc1NC(=O)c1ccccc1. The maximum atomic E-state index is 13.1. The number of likely N-dealkylation sites (tertiary alicyclic amines) is 1. The Balaban J connectivity index is 1.22. The second-order valence-corrected chi connectivity index (χ2v) is 9.66. The fourth-order valence-electron chi connectivity index (χ4n) is 4.27. The summed E-state index contributed by atoms with van der Waals surface area (Å²) in [4.78, 5) is 14.9. The average molecular weight is 492 g/mol. The largest absolute Gasteiger partial charge is 0.488 e. The van der Waals surface area contributed by atoms with E-state index in [1.165, 1.54) is 12.1 Å². The lowest BCUT2D eigenvalue weighted by atomic mass is 10.0. The lowest BCUT2D eigenvalue weighted by Gasteiger charge is -2.34. The number of ether oxygens (including phenoxy) is 1. The summed E-state index contributed by atoms with van der Waals surface area (Å²) < 4.78 is 19.0. The molecule has 0 saturated carbocycles. The normalized spacial score (nSPS) is 16.3. The van der Waals surface area contributed by atoms with Crippen LogP contribution in [0, 0.1) is 5.82 Å². The Hall–Kier alpha value is -3.26. The van der Waals surface area contributed by atoms with Gasteiger partial charge in [0, 0.05) is 24.7 Å². The van der Waals surface area contributed by atoms with Crippen molar-refractivity contribution in [3.05, 3.63) is 95.8 Å². The van der Waals surface area contributed by atoms with Crippen molar-refractivity contribution >= 4 is 11.6 Å². The molecule has 1 atom stereocenters. The van der Waals surface area contributed by atoms with Crippen LogP contribution in [0.1, 0.15) is 35.7 Å². The highest BCUT2D eigenvalue weighted by Crippen LogP contribution is 2.25. The van der Waals surface area contributed by atoms with Crippen molar-refractivity contribution in [1.29, 1.82) is 0 Å². The second-order valence-electron chi connectivity index (χ2n) is 9.66. The third-order valence-electron chi connectivity index (χ3n) is 6.39. The molecule has 1 unspecified atom stereocenters. The number of rotatable bonds is 10. The number of hydrogen-bond acceptors (Lipinski definition) is 5. The Morgan fingerprint density at radius 1 is 1.03 bits per heavy atom. The number of amides is 1. The van der Waals surface area contributed by atoms with Gasteiger partial charge < -0.3 is 20.5 Å². The maximum Gasteiger partial charge on any atom is 0.255 e. The lowest BCUT2D eigenvalue weighted by molar-refractivity contribution is 0.00838. The monoisotopic (exact) mass is 491 g/mol. The Bertz CT molecular complexity index is 1110. The quantitative estimate of drug-likeness (QED) is 0.391. The highest BCUT2D eigenvalue weighted by atomic mass is 19.1. The number of anilines is 1. The number of benzene rings is 3. The molecule has 6 nitrogen and oxygen atoms in total. The minimum Gasteiger partial charge on any atom is -0.488 e. The van der Waals surface area contributed by atoms with Gasteiger partial charge in [-0.05, 0) is 74.8 Å². The van der Waals surface area contributed by atoms with E-state index in [2.05, 4.69) is 15.5 Å². The minimum absolute atomic E-state index is 0.0850. The minimum atomic E-state index is -1.08. The van der Waals surface area contributed by atoms with Crippen LogP contribution in [0.2, 0.25) is 0 Å². The number of para-hydroxylation sites is 2. The summed E-state index contributed by atoms with van der Waals surface area (Å²) in [5, 5.41) is 17.3. The van der Waals surface area contributed by atoms with Gasteiger partial charge in [-0.25, -0.2) is 4.39 Å². The summed E-state index contributed by atoms with van der Waals surface area (Å²) in [6, 6.07) is 23.2. The molecule has 1 amide bonds. The summed E-state index contributed by atoms with van der Waals surface area (Å²) in [5.41, 5.74) is 1.15. The van der Waals surface area contributed by atoms with Gasteiger partial charge in [-0.2, -0.15) is 0 Å². The molecular formula is C29H34FN3O3. The van der Waals surface area contributed by atoms with E-state index in [-0.39, 0.29) is 18.3 Å². The number of carbonyl (C=O) groups excluding carboxylic acids is 1. The number of nitrogens with zero attached hydrogens (tertiary/aromatic N) is 1. The molecule has 190 valence electrons. The molecule has 1 heterocycles. The number of hydrogen-bond donors (Lipinski definition) is 3. The predicted molar refractivity (Wildman–Crippen MR) is 140 cm³/mol. The first-order chi connectivity index (χ1) is 17.4. The average Bonchev–Trinajstić information content (AvgIpc) is 2.90. The van der Waals surface area contributed by atoms with Crippen LogP contribution in [0.15, 0.2) is 78.9 Å². The Morgan fingerprint density at radius 3 is 2.42 bits per heavy atom. The molecule has 0 aliphatic carbocycles. The van der Waals surface area contributed by atoms with Gasteiger partial charge in [0.15, 0.2) is 0 Å². The first-order valence-electron chi connectivity index (χ1n) is 12.4. The molecule has 0 radical (unpaired) electrons. The molecule has 0 bridgehead atoms. The van der Waals surface area contributed by atoms with Crippen molar-refractivity contribution in [2.24, 2.45) is 0 Å². The van der Waals surface area contributed by atoms with Crippen LogP contribution < -0.4 is 15.4 Å². The van der Waals surface area contributed by atoms with Gasteiger partial charge in [-0.15, -0.1) is 0 Å². The van der Waals surface area contributed by atoms with Crippen molar-refractivity contribution in [2.75, 3.05) is 31.6 Å². The Labute approximate surface area is 212 Å². The van der Waals surface area contributed by atoms with Gasteiger partial charge in [0.1, 0.15) is 23.8 Å². The van der Waals surface area contributed by atoms with E-state index in [0.717, 1.165) is 38.0 Å². The molecule has 1 saturated heterocycles. The molecule has 1 aliphatic heterocycles. The highest BCUT2D eigenvalue weighted by Gasteiger charge is 2.26. The molecule has 0 aromatic heterocycles. The maximum absolute atomic E-state index is 13.1. The molecule has 1 aliphatic rings. The van der Waals surface area contributed by atoms with Crippen molar-refractivity contribution in [1.82, 2.24) is 10.2 Å². The zero-order valence-electron chi connectivity index (χ0n) is 20.6. The van der Waals surface area contributed by atoms with Crippen molar-refractivity contribution < 1.29 is 19.0 Å². The van der Waals surface area contributed by atoms with Gasteiger partial charge in [0.05, 0.1) is 5.69 Å². The summed E-state index contributed by atoms with van der Waals surface area (Å²) >= 11 is 0. The number of aliphatic hydroxyl groups is 1. The summed E-state index contributed by atoms with van der Waals surface area (Å²) in [7, 11) is 0. The Morgan fingerprint density at radius 2 is 1.69 bits per heavy atom. The van der Waals surface area contributed by atoms with Crippen LogP contribution in [-0.4, -0.2) is 53.8 Å². The number of piperidine rings is 1. The van der Waals surface area contributed by atoms with Gasteiger partial charge in [0.25, 0.3) is 5.91 Å². The molecular weight excluding hydrogens is 457 g/mol. The van der Waals surface area contributed by atoms with E-state index in [4.69, 9.17) is 4.74 Å². The van der Waals surface area contributed by atoms with Gasteiger partial charge in [-0.3, -0.25) is 9.69 Å². The lowest BCUT2D eigenvalue weighted by Crippen LogP contribution is -2.49. The molecule has 4 rings (SSSR count). The molecule has 3 aromatic carbocycles. The van der Waals surface area contributed by atoms with Crippen molar-refractivity contribution in [3.8, 4) is 5.75 Å². The highest BCUT2D eigenvalue weighted by molar-refractivity contribution is 6.04. The molecule has 36 heavy (non-hydrogen) atoms. The van der Waals surface area contributed by atoms with Crippen LogP contribution in [0.25, 0.3) is 0 Å². The standard InChI is InChI=1S/C29H34FN3O3/c1-29(35,20-31-25-15-17-33(18-16-25)19-22-11-13-24(30)14-12-22)21-36-27-10-6-5-9-26(27)32-28(34)23-7-3-2-4-8-23/h2-14,25,31,35H,15-21H2,1H3,(H,32,34). The first-order valence-corrected chi connectivity index (χ1v) is 12.4. The number of nitrogens with one attached hydrogen (secondary N) is 2. The van der Waals surface area contributed by atoms with Crippen LogP contribution in [0.5, 0.6) is 5.75 Å². The van der Waals surface area contributed by atoms with Gasteiger partial charge >= 0.3 is 0 Å². The second kappa shape index (κ2) is 12.1. The first kappa shape index (κ1) is 25.8. The van der Waals surface area contributed by atoms with E-state index >= 15 is 0 Å². The van der Waals surface area contributed by atoms with Crippen molar-refractivity contribution in [3.63, 3.8) is 0 Å². The Kier molecular flexibility index (Phi) is 8.70. The zero-order valence-corrected chi connectivity index (χ0v) is 20.6. The summed E-state index contributed by atoms with van der Waals surface area (Å²) in [5.74, 6) is 0.0834. The molecule has 3 N–H and O–H groups in total. The molecule has 3 aromatic rings. The zero-order chi connectivity index (χ0) is 25.4.